The van der Waals surface area contributed by atoms with Crippen molar-refractivity contribution in [2.24, 2.45) is 0 Å². The number of carboxylic acids is 1. The van der Waals surface area contributed by atoms with Crippen molar-refractivity contribution in [3.8, 4) is 6.07 Å². The average Bonchev–Trinajstić information content (AvgIpc) is 2.20. The third-order valence-corrected chi connectivity index (χ3v) is 2.82. The van der Waals surface area contributed by atoms with Gasteiger partial charge in [-0.1, -0.05) is 28.1 Å². The Morgan fingerprint density at radius 2 is 2.27 bits per heavy atom. The zero-order valence-corrected chi connectivity index (χ0v) is 9.84. The van der Waals surface area contributed by atoms with Gasteiger partial charge >= 0.3 is 5.97 Å². The molecule has 0 atom stereocenters. The first kappa shape index (κ1) is 11.7. The van der Waals surface area contributed by atoms with Crippen LogP contribution >= 0.6 is 15.9 Å². The molecular weight excluding hydrogens is 258 g/mol. The molecule has 3 nitrogen and oxygen atoms in total. The molecule has 0 spiro atoms. The molecule has 1 N–H and O–H groups in total. The molecule has 0 aliphatic rings. The highest BCUT2D eigenvalue weighted by Crippen LogP contribution is 2.21. The summed E-state index contributed by atoms with van der Waals surface area (Å²) in [7, 11) is 0. The summed E-state index contributed by atoms with van der Waals surface area (Å²) in [6.07, 6.45) is -0.102. The van der Waals surface area contributed by atoms with Crippen molar-refractivity contribution in [2.75, 3.05) is 0 Å². The van der Waals surface area contributed by atoms with E-state index in [4.69, 9.17) is 10.4 Å². The molecule has 0 heterocycles. The Kier molecular flexibility index (Phi) is 3.87. The van der Waals surface area contributed by atoms with E-state index in [0.29, 0.717) is 16.5 Å². The van der Waals surface area contributed by atoms with Gasteiger partial charge in [-0.05, 0) is 23.6 Å². The normalized spacial score (nSPS) is 9.67. The molecule has 0 saturated carbocycles. The number of nitrogens with zero attached hydrogens (tertiary/aromatic N) is 1. The van der Waals surface area contributed by atoms with Gasteiger partial charge in [0.05, 0.1) is 18.1 Å². The highest BCUT2D eigenvalue weighted by molar-refractivity contribution is 9.08. The van der Waals surface area contributed by atoms with Crippen LogP contribution in [0.1, 0.15) is 22.3 Å². The summed E-state index contributed by atoms with van der Waals surface area (Å²) in [5, 5.41) is 18.3. The largest absolute Gasteiger partial charge is 0.481 e. The first-order valence-electron chi connectivity index (χ1n) is 4.39. The van der Waals surface area contributed by atoms with Crippen LogP contribution < -0.4 is 0 Å². The van der Waals surface area contributed by atoms with Gasteiger partial charge in [0.15, 0.2) is 0 Å². The number of nitriles is 1. The number of carbonyl (C=O) groups is 1. The molecule has 0 aliphatic carbocycles. The predicted octanol–water partition coefficient (Wildman–Crippen LogP) is 2.39. The average molecular weight is 268 g/mol. The summed E-state index contributed by atoms with van der Waals surface area (Å²) in [5.41, 5.74) is 2.77. The molecule has 1 rings (SSSR count). The Morgan fingerprint density at radius 3 is 2.73 bits per heavy atom. The lowest BCUT2D eigenvalue weighted by atomic mass is 9.96. The number of alkyl halides is 1. The standard InChI is InChI=1S/C11H10BrNO2/c1-7-2-3-8(5-12)10(6-13)9(7)4-11(14)15/h2-3H,4-5H2,1H3,(H,14,15). The summed E-state index contributed by atoms with van der Waals surface area (Å²) < 4.78 is 0. The first-order valence-corrected chi connectivity index (χ1v) is 5.51. The second-order valence-electron chi connectivity index (χ2n) is 3.21. The van der Waals surface area contributed by atoms with E-state index in [0.717, 1.165) is 11.1 Å². The summed E-state index contributed by atoms with van der Waals surface area (Å²) in [6, 6.07) is 5.75. The van der Waals surface area contributed by atoms with Crippen molar-refractivity contribution in [1.29, 1.82) is 5.26 Å². The van der Waals surface area contributed by atoms with E-state index >= 15 is 0 Å². The Hall–Kier alpha value is -1.34. The SMILES string of the molecule is Cc1ccc(CBr)c(C#N)c1CC(=O)O. The summed E-state index contributed by atoms with van der Waals surface area (Å²) in [4.78, 5) is 10.7. The maximum absolute atomic E-state index is 10.7. The van der Waals surface area contributed by atoms with Crippen LogP contribution in [0.4, 0.5) is 0 Å². The number of halogens is 1. The molecule has 1 aromatic rings. The van der Waals surface area contributed by atoms with Gasteiger partial charge < -0.3 is 5.11 Å². The van der Waals surface area contributed by atoms with E-state index in [-0.39, 0.29) is 6.42 Å². The number of carboxylic acid groups (broad SMARTS) is 1. The fourth-order valence-electron chi connectivity index (χ4n) is 1.43. The fraction of sp³-hybridized carbons (Fsp3) is 0.273. The van der Waals surface area contributed by atoms with Gasteiger partial charge in [0.25, 0.3) is 0 Å². The highest BCUT2D eigenvalue weighted by Gasteiger charge is 2.12. The molecule has 0 unspecified atom stereocenters. The fourth-order valence-corrected chi connectivity index (χ4v) is 1.90. The van der Waals surface area contributed by atoms with Crippen molar-refractivity contribution in [3.63, 3.8) is 0 Å². The first-order chi connectivity index (χ1) is 7.10. The lowest BCUT2D eigenvalue weighted by molar-refractivity contribution is -0.136. The molecule has 0 aromatic heterocycles. The minimum Gasteiger partial charge on any atom is -0.481 e. The van der Waals surface area contributed by atoms with Gasteiger partial charge in [-0.2, -0.15) is 5.26 Å². The Bertz CT molecular complexity index is 435. The molecule has 15 heavy (non-hydrogen) atoms. The van der Waals surface area contributed by atoms with E-state index in [9.17, 15) is 4.79 Å². The third-order valence-electron chi connectivity index (χ3n) is 2.22. The second-order valence-corrected chi connectivity index (χ2v) is 3.77. The molecule has 78 valence electrons. The van der Waals surface area contributed by atoms with E-state index in [2.05, 4.69) is 22.0 Å². The molecule has 0 saturated heterocycles. The van der Waals surface area contributed by atoms with Crippen LogP contribution in [-0.2, 0) is 16.5 Å². The van der Waals surface area contributed by atoms with E-state index in [1.807, 2.05) is 19.1 Å². The van der Waals surface area contributed by atoms with Crippen molar-refractivity contribution >= 4 is 21.9 Å². The summed E-state index contributed by atoms with van der Waals surface area (Å²) >= 11 is 3.28. The van der Waals surface area contributed by atoms with Gasteiger partial charge in [0, 0.05) is 5.33 Å². The number of rotatable bonds is 3. The number of aliphatic carboxylic acids is 1. The second kappa shape index (κ2) is 4.94. The topological polar surface area (TPSA) is 61.1 Å². The van der Waals surface area contributed by atoms with Gasteiger partial charge in [-0.3, -0.25) is 4.79 Å². The number of hydrogen-bond donors (Lipinski definition) is 1. The Labute approximate surface area is 96.5 Å². The molecule has 0 aliphatic heterocycles. The molecule has 0 fully saturated rings. The minimum absolute atomic E-state index is 0.102. The molecule has 0 bridgehead atoms. The monoisotopic (exact) mass is 267 g/mol. The molecular formula is C11H10BrNO2. The third kappa shape index (κ3) is 2.57. The van der Waals surface area contributed by atoms with Crippen LogP contribution in [-0.4, -0.2) is 11.1 Å². The van der Waals surface area contributed by atoms with Gasteiger partial charge in [0.2, 0.25) is 0 Å². The van der Waals surface area contributed by atoms with Crippen molar-refractivity contribution < 1.29 is 9.90 Å². The van der Waals surface area contributed by atoms with E-state index < -0.39 is 5.97 Å². The molecule has 0 amide bonds. The van der Waals surface area contributed by atoms with Crippen LogP contribution in [0.2, 0.25) is 0 Å². The quantitative estimate of drug-likeness (QED) is 0.856. The summed E-state index contributed by atoms with van der Waals surface area (Å²) in [5.74, 6) is -0.915. The predicted molar refractivity (Wildman–Crippen MR) is 59.9 cm³/mol. The molecule has 1 aromatic carbocycles. The zero-order valence-electron chi connectivity index (χ0n) is 8.25. The highest BCUT2D eigenvalue weighted by atomic mass is 79.9. The van der Waals surface area contributed by atoms with Crippen molar-refractivity contribution in [2.45, 2.75) is 18.7 Å². The lowest BCUT2D eigenvalue weighted by Crippen LogP contribution is -2.06. The molecule has 0 radical (unpaired) electrons. The number of aryl methyl sites for hydroxylation is 1. The van der Waals surface area contributed by atoms with E-state index in [1.54, 1.807) is 0 Å². The summed E-state index contributed by atoms with van der Waals surface area (Å²) in [6.45, 7) is 1.82. The van der Waals surface area contributed by atoms with Crippen LogP contribution in [0.25, 0.3) is 0 Å². The van der Waals surface area contributed by atoms with Crippen LogP contribution in [0.3, 0.4) is 0 Å². The maximum Gasteiger partial charge on any atom is 0.307 e. The van der Waals surface area contributed by atoms with E-state index in [1.165, 1.54) is 0 Å². The van der Waals surface area contributed by atoms with Crippen molar-refractivity contribution in [1.82, 2.24) is 0 Å². The van der Waals surface area contributed by atoms with Gasteiger partial charge in [0.1, 0.15) is 0 Å². The van der Waals surface area contributed by atoms with Crippen LogP contribution in [0.5, 0.6) is 0 Å². The van der Waals surface area contributed by atoms with Crippen molar-refractivity contribution in [3.05, 3.63) is 34.4 Å². The Balaban J connectivity index is 3.33. The van der Waals surface area contributed by atoms with Gasteiger partial charge in [-0.25, -0.2) is 0 Å². The Morgan fingerprint density at radius 1 is 1.60 bits per heavy atom. The minimum atomic E-state index is -0.915. The zero-order chi connectivity index (χ0) is 11.4. The molecule has 4 heteroatoms. The lowest BCUT2D eigenvalue weighted by Gasteiger charge is -2.09. The van der Waals surface area contributed by atoms with Crippen LogP contribution in [0, 0.1) is 18.3 Å². The maximum atomic E-state index is 10.7. The van der Waals surface area contributed by atoms with Crippen LogP contribution in [0.15, 0.2) is 12.1 Å². The number of hydrogen-bond acceptors (Lipinski definition) is 2. The number of benzene rings is 1. The van der Waals surface area contributed by atoms with Gasteiger partial charge in [-0.15, -0.1) is 0 Å². The smallest absolute Gasteiger partial charge is 0.307 e.